The molecule has 0 aromatic heterocycles. The van der Waals surface area contributed by atoms with Crippen molar-refractivity contribution in [2.75, 3.05) is 21.3 Å². The molecule has 0 atom stereocenters. The molecule has 8 nitrogen and oxygen atoms in total. The van der Waals surface area contributed by atoms with E-state index < -0.39 is 0 Å². The Balaban J connectivity index is 0.00000392. The Labute approximate surface area is 195 Å². The zero-order valence-corrected chi connectivity index (χ0v) is 19.8. The van der Waals surface area contributed by atoms with Gasteiger partial charge in [-0.3, -0.25) is 0 Å². The van der Waals surface area contributed by atoms with Gasteiger partial charge >= 0.3 is 0 Å². The second-order valence-corrected chi connectivity index (χ2v) is 6.46. The van der Waals surface area contributed by atoms with Crippen molar-refractivity contribution in [3.05, 3.63) is 56.7 Å². The third-order valence-corrected chi connectivity index (χ3v) is 4.31. The van der Waals surface area contributed by atoms with Crippen LogP contribution in [0.25, 0.3) is 0 Å². The monoisotopic (exact) mass is 556 g/mol. The molecule has 0 saturated carbocycles. The minimum Gasteiger partial charge on any atom is -0.493 e. The smallest absolute Gasteiger partial charge is 0.174 e. The van der Waals surface area contributed by atoms with Gasteiger partial charge in [-0.2, -0.15) is 0 Å². The second-order valence-electron chi connectivity index (χ2n) is 5.30. The van der Waals surface area contributed by atoms with Gasteiger partial charge in [0.2, 0.25) is 0 Å². The van der Waals surface area contributed by atoms with Crippen molar-refractivity contribution in [2.24, 2.45) is 21.8 Å². The van der Waals surface area contributed by atoms with E-state index in [0.717, 1.165) is 14.7 Å². The highest BCUT2D eigenvalue weighted by Gasteiger charge is 2.14. The minimum atomic E-state index is 0. The Morgan fingerprint density at radius 1 is 0.931 bits per heavy atom. The van der Waals surface area contributed by atoms with E-state index in [4.69, 9.17) is 30.6 Å². The van der Waals surface area contributed by atoms with Crippen LogP contribution in [0.15, 0.2) is 46.7 Å². The first-order chi connectivity index (χ1) is 13.0. The predicted molar refractivity (Wildman–Crippen MR) is 126 cm³/mol. The maximum absolute atomic E-state index is 5.98. The summed E-state index contributed by atoms with van der Waals surface area (Å²) in [6.45, 7) is 0.321. The highest BCUT2D eigenvalue weighted by molar-refractivity contribution is 14.1. The molecule has 0 unspecified atom stereocenters. The Kier molecular flexibility index (Phi) is 12.2. The highest BCUT2D eigenvalue weighted by Crippen LogP contribution is 2.34. The standard InChI is InChI=1S/C18H21IN4O4.2ClH/c1-24-15-9-13(18(21)23-26-3)8-14(19)16(15)27-10-11-5-4-6-12(7-11)17(20)22-25-2;;/h4-9H,10H2,1-3H3,(H2,20,22)(H2,21,23);2*1H. The van der Waals surface area contributed by atoms with Crippen LogP contribution in [0.4, 0.5) is 0 Å². The van der Waals surface area contributed by atoms with Crippen molar-refractivity contribution in [3.63, 3.8) is 0 Å². The molecule has 0 aliphatic carbocycles. The fourth-order valence-electron chi connectivity index (χ4n) is 2.29. The van der Waals surface area contributed by atoms with Crippen LogP contribution in [0.1, 0.15) is 16.7 Å². The van der Waals surface area contributed by atoms with Crippen LogP contribution in [0.5, 0.6) is 11.5 Å². The predicted octanol–water partition coefficient (Wildman–Crippen LogP) is 3.26. The molecule has 0 bridgehead atoms. The molecule has 2 aromatic rings. The minimum absolute atomic E-state index is 0. The molecule has 2 rings (SSSR count). The summed E-state index contributed by atoms with van der Waals surface area (Å²) >= 11 is 2.16. The quantitative estimate of drug-likeness (QED) is 0.223. The van der Waals surface area contributed by atoms with Crippen molar-refractivity contribution in [1.82, 2.24) is 0 Å². The molecule has 0 radical (unpaired) electrons. The molecule has 2 aromatic carbocycles. The number of nitrogens with zero attached hydrogens (tertiary/aromatic N) is 2. The summed E-state index contributed by atoms with van der Waals surface area (Å²) in [6.07, 6.45) is 0. The van der Waals surface area contributed by atoms with Gasteiger partial charge in [-0.1, -0.05) is 28.5 Å². The van der Waals surface area contributed by atoms with Crippen LogP contribution in [-0.4, -0.2) is 33.0 Å². The van der Waals surface area contributed by atoms with Crippen molar-refractivity contribution in [3.8, 4) is 11.5 Å². The molecule has 29 heavy (non-hydrogen) atoms. The molecular weight excluding hydrogens is 534 g/mol. The number of nitrogens with two attached hydrogens (primary N) is 2. The van der Waals surface area contributed by atoms with E-state index in [-0.39, 0.29) is 30.6 Å². The van der Waals surface area contributed by atoms with Gasteiger partial charge in [-0.05, 0) is 46.4 Å². The van der Waals surface area contributed by atoms with E-state index in [2.05, 4.69) is 32.9 Å². The maximum Gasteiger partial charge on any atom is 0.174 e. The van der Waals surface area contributed by atoms with Crippen LogP contribution in [0, 0.1) is 3.57 Å². The van der Waals surface area contributed by atoms with Gasteiger partial charge in [0.1, 0.15) is 20.8 Å². The van der Waals surface area contributed by atoms with E-state index in [1.807, 2.05) is 30.3 Å². The second kappa shape index (κ2) is 13.2. The zero-order chi connectivity index (χ0) is 19.8. The molecule has 0 saturated heterocycles. The van der Waals surface area contributed by atoms with Gasteiger partial charge in [-0.15, -0.1) is 24.8 Å². The van der Waals surface area contributed by atoms with Crippen LogP contribution >= 0.6 is 47.4 Å². The lowest BCUT2D eigenvalue weighted by atomic mass is 10.1. The van der Waals surface area contributed by atoms with Crippen molar-refractivity contribution in [1.29, 1.82) is 0 Å². The summed E-state index contributed by atoms with van der Waals surface area (Å²) in [5.41, 5.74) is 14.1. The summed E-state index contributed by atoms with van der Waals surface area (Å²) in [4.78, 5) is 9.42. The molecule has 0 amide bonds. The number of amidine groups is 2. The number of hydrogen-bond acceptors (Lipinski definition) is 6. The number of oxime groups is 2. The highest BCUT2D eigenvalue weighted by atomic mass is 127. The van der Waals surface area contributed by atoms with E-state index in [0.29, 0.717) is 29.5 Å². The Morgan fingerprint density at radius 2 is 1.55 bits per heavy atom. The van der Waals surface area contributed by atoms with Crippen LogP contribution in [-0.2, 0) is 16.3 Å². The molecular formula is C18H23Cl2IN4O4. The molecule has 0 fully saturated rings. The molecule has 0 spiro atoms. The van der Waals surface area contributed by atoms with Crippen molar-refractivity contribution >= 4 is 59.1 Å². The van der Waals surface area contributed by atoms with Gasteiger partial charge in [0, 0.05) is 11.1 Å². The van der Waals surface area contributed by atoms with E-state index >= 15 is 0 Å². The van der Waals surface area contributed by atoms with Gasteiger partial charge in [0.05, 0.1) is 10.7 Å². The molecule has 4 N–H and O–H groups in total. The Bertz CT molecular complexity index is 866. The van der Waals surface area contributed by atoms with E-state index in [1.54, 1.807) is 13.2 Å². The number of rotatable bonds is 8. The first kappa shape index (κ1) is 26.9. The average molecular weight is 557 g/mol. The number of methoxy groups -OCH3 is 1. The van der Waals surface area contributed by atoms with Crippen molar-refractivity contribution < 1.29 is 19.1 Å². The fourth-order valence-corrected chi connectivity index (χ4v) is 3.04. The lowest BCUT2D eigenvalue weighted by Gasteiger charge is -2.14. The third kappa shape index (κ3) is 7.33. The lowest BCUT2D eigenvalue weighted by Crippen LogP contribution is -2.15. The summed E-state index contributed by atoms with van der Waals surface area (Å²) < 4.78 is 12.2. The number of benzene rings is 2. The van der Waals surface area contributed by atoms with Gasteiger partial charge < -0.3 is 30.6 Å². The van der Waals surface area contributed by atoms with Crippen LogP contribution in [0.2, 0.25) is 0 Å². The summed E-state index contributed by atoms with van der Waals surface area (Å²) in [7, 11) is 4.45. The molecule has 11 heteroatoms. The zero-order valence-electron chi connectivity index (χ0n) is 16.0. The Hall–Kier alpha value is -2.11. The summed E-state index contributed by atoms with van der Waals surface area (Å²) in [5.74, 6) is 1.70. The molecule has 0 aliphatic rings. The van der Waals surface area contributed by atoms with E-state index in [9.17, 15) is 0 Å². The molecule has 0 heterocycles. The number of halogens is 3. The van der Waals surface area contributed by atoms with Crippen LogP contribution < -0.4 is 20.9 Å². The Morgan fingerprint density at radius 3 is 2.14 bits per heavy atom. The third-order valence-electron chi connectivity index (χ3n) is 3.51. The number of hydrogen-bond donors (Lipinski definition) is 2. The molecule has 0 aliphatic heterocycles. The first-order valence-corrected chi connectivity index (χ1v) is 8.91. The summed E-state index contributed by atoms with van der Waals surface area (Å²) in [5, 5.41) is 7.47. The van der Waals surface area contributed by atoms with Gasteiger partial charge in [0.25, 0.3) is 0 Å². The van der Waals surface area contributed by atoms with E-state index in [1.165, 1.54) is 14.2 Å². The first-order valence-electron chi connectivity index (χ1n) is 7.83. The van der Waals surface area contributed by atoms with Gasteiger partial charge in [-0.25, -0.2) is 0 Å². The largest absolute Gasteiger partial charge is 0.493 e. The maximum atomic E-state index is 5.98. The van der Waals surface area contributed by atoms with Crippen LogP contribution in [0.3, 0.4) is 0 Å². The van der Waals surface area contributed by atoms with Gasteiger partial charge in [0.15, 0.2) is 23.2 Å². The molecule has 160 valence electrons. The normalized spacial score (nSPS) is 11.0. The topological polar surface area (TPSA) is 114 Å². The fraction of sp³-hybridized carbons (Fsp3) is 0.222. The SMILES string of the molecule is CO/N=C(\N)c1cccc(COc2c(I)cc(/C(N)=N/OC)cc2OC)c1.Cl.Cl. The van der Waals surface area contributed by atoms with Crippen molar-refractivity contribution in [2.45, 2.75) is 6.61 Å². The lowest BCUT2D eigenvalue weighted by molar-refractivity contribution is 0.213. The number of ether oxygens (including phenoxy) is 2. The summed E-state index contributed by atoms with van der Waals surface area (Å²) in [6, 6.07) is 11.1. The average Bonchev–Trinajstić information content (AvgIpc) is 2.67.